The second-order valence-electron chi connectivity index (χ2n) is 4.97. The van der Waals surface area contributed by atoms with Gasteiger partial charge in [0.15, 0.2) is 5.83 Å². The molecule has 1 heterocycles. The van der Waals surface area contributed by atoms with E-state index < -0.39 is 11.6 Å². The average Bonchev–Trinajstić information content (AvgIpc) is 2.07. The summed E-state index contributed by atoms with van der Waals surface area (Å²) < 4.78 is 12.9. The normalized spacial score (nSPS) is 18.1. The second-order valence-corrected chi connectivity index (χ2v) is 4.97. The first-order chi connectivity index (χ1) is 6.79. The Kier molecular flexibility index (Phi) is 3.27. The van der Waals surface area contributed by atoms with Crippen molar-refractivity contribution in [3.63, 3.8) is 0 Å². The molecule has 0 aromatic heterocycles. The number of halogens is 1. The van der Waals surface area contributed by atoms with E-state index in [1.165, 1.54) is 4.90 Å². The molecule has 0 saturated carbocycles. The van der Waals surface area contributed by atoms with Crippen LogP contribution in [0.25, 0.3) is 0 Å². The van der Waals surface area contributed by atoms with E-state index in [-0.39, 0.29) is 17.7 Å². The third-order valence-corrected chi connectivity index (χ3v) is 2.27. The lowest BCUT2D eigenvalue weighted by molar-refractivity contribution is -0.134. The van der Waals surface area contributed by atoms with Crippen molar-refractivity contribution in [2.24, 2.45) is 5.41 Å². The molecule has 4 heteroatoms. The highest BCUT2D eigenvalue weighted by Gasteiger charge is 2.26. The number of nitrogens with zero attached hydrogens (tertiary/aromatic N) is 1. The summed E-state index contributed by atoms with van der Waals surface area (Å²) >= 11 is 0. The molecule has 0 saturated heterocycles. The van der Waals surface area contributed by atoms with Crippen molar-refractivity contribution in [1.82, 2.24) is 4.90 Å². The Labute approximate surface area is 88.9 Å². The van der Waals surface area contributed by atoms with Crippen LogP contribution in [0.4, 0.5) is 4.39 Å². The summed E-state index contributed by atoms with van der Waals surface area (Å²) in [7, 11) is 0. The number of allylic oxidation sites excluding steroid dienone is 1. The quantitative estimate of drug-likeness (QED) is 0.658. The summed E-state index contributed by atoms with van der Waals surface area (Å²) in [6.07, 6.45) is 1.45. The molecule has 0 spiro atoms. The molecule has 0 N–H and O–H groups in total. The summed E-state index contributed by atoms with van der Waals surface area (Å²) in [5.41, 5.74) is 0.0893. The third-order valence-electron chi connectivity index (χ3n) is 2.27. The van der Waals surface area contributed by atoms with Crippen LogP contribution >= 0.6 is 0 Å². The van der Waals surface area contributed by atoms with Crippen LogP contribution in [0.3, 0.4) is 0 Å². The number of rotatable bonds is 2. The van der Waals surface area contributed by atoms with Gasteiger partial charge in [0, 0.05) is 12.7 Å². The zero-order valence-electron chi connectivity index (χ0n) is 9.34. The first-order valence-electron chi connectivity index (χ1n) is 4.99. The van der Waals surface area contributed by atoms with E-state index in [9.17, 15) is 14.0 Å². The lowest BCUT2D eigenvalue weighted by Gasteiger charge is -2.26. The van der Waals surface area contributed by atoms with Gasteiger partial charge in [-0.05, 0) is 11.8 Å². The van der Waals surface area contributed by atoms with Crippen molar-refractivity contribution in [3.8, 4) is 0 Å². The summed E-state index contributed by atoms with van der Waals surface area (Å²) in [4.78, 5) is 23.5. The summed E-state index contributed by atoms with van der Waals surface area (Å²) in [5, 5.41) is 0. The molecular weight excluding hydrogens is 197 g/mol. The lowest BCUT2D eigenvalue weighted by atomic mass is 9.92. The second kappa shape index (κ2) is 4.13. The van der Waals surface area contributed by atoms with E-state index in [1.54, 1.807) is 0 Å². The lowest BCUT2D eigenvalue weighted by Crippen LogP contribution is -2.34. The van der Waals surface area contributed by atoms with Gasteiger partial charge in [0.2, 0.25) is 11.7 Å². The Morgan fingerprint density at radius 3 is 2.53 bits per heavy atom. The van der Waals surface area contributed by atoms with Gasteiger partial charge in [-0.25, -0.2) is 4.39 Å². The van der Waals surface area contributed by atoms with Crippen LogP contribution in [0.5, 0.6) is 0 Å². The molecule has 0 aromatic carbocycles. The Balaban J connectivity index is 2.63. The first-order valence-corrected chi connectivity index (χ1v) is 4.99. The predicted octanol–water partition coefficient (Wildman–Crippen LogP) is 2.03. The van der Waals surface area contributed by atoms with Gasteiger partial charge < -0.3 is 4.90 Å². The molecule has 0 unspecified atom stereocenters. The summed E-state index contributed by atoms with van der Waals surface area (Å²) in [6.45, 7) is 6.61. The summed E-state index contributed by atoms with van der Waals surface area (Å²) in [6, 6.07) is 0. The largest absolute Gasteiger partial charge is 0.316 e. The highest BCUT2D eigenvalue weighted by atomic mass is 19.1. The highest BCUT2D eigenvalue weighted by molar-refractivity contribution is 6.08. The smallest absolute Gasteiger partial charge is 0.234 e. The van der Waals surface area contributed by atoms with Crippen LogP contribution in [0.15, 0.2) is 12.0 Å². The molecule has 0 atom stereocenters. The van der Waals surface area contributed by atoms with Crippen molar-refractivity contribution in [2.45, 2.75) is 33.6 Å². The van der Waals surface area contributed by atoms with Gasteiger partial charge in [-0.1, -0.05) is 20.8 Å². The zero-order chi connectivity index (χ0) is 11.6. The SMILES string of the molecule is CC(C)(C)CCN1C=C(F)C(=O)CC1=O. The van der Waals surface area contributed by atoms with Gasteiger partial charge in [0.25, 0.3) is 0 Å². The van der Waals surface area contributed by atoms with Crippen LogP contribution in [0.1, 0.15) is 33.6 Å². The number of carbonyl (C=O) groups is 2. The fourth-order valence-corrected chi connectivity index (χ4v) is 1.25. The predicted molar refractivity (Wildman–Crippen MR) is 54.6 cm³/mol. The van der Waals surface area contributed by atoms with Gasteiger partial charge in [-0.3, -0.25) is 9.59 Å². The number of ketones is 1. The van der Waals surface area contributed by atoms with E-state index in [1.807, 2.05) is 20.8 Å². The third kappa shape index (κ3) is 3.46. The minimum atomic E-state index is -0.816. The van der Waals surface area contributed by atoms with Crippen molar-refractivity contribution in [2.75, 3.05) is 6.54 Å². The van der Waals surface area contributed by atoms with E-state index in [2.05, 4.69) is 0 Å². The summed E-state index contributed by atoms with van der Waals surface area (Å²) in [5.74, 6) is -1.85. The molecule has 1 rings (SSSR count). The van der Waals surface area contributed by atoms with Gasteiger partial charge >= 0.3 is 0 Å². The van der Waals surface area contributed by atoms with E-state index >= 15 is 0 Å². The maximum absolute atomic E-state index is 12.9. The first kappa shape index (κ1) is 11.9. The number of hydrogen-bond donors (Lipinski definition) is 0. The molecule has 15 heavy (non-hydrogen) atoms. The van der Waals surface area contributed by atoms with Crippen molar-refractivity contribution < 1.29 is 14.0 Å². The molecule has 1 aliphatic rings. The molecule has 0 radical (unpaired) electrons. The maximum Gasteiger partial charge on any atom is 0.234 e. The van der Waals surface area contributed by atoms with Crippen LogP contribution < -0.4 is 0 Å². The molecule has 0 bridgehead atoms. The molecular formula is C11H16FNO2. The highest BCUT2D eigenvalue weighted by Crippen LogP contribution is 2.21. The molecule has 84 valence electrons. The minimum Gasteiger partial charge on any atom is -0.316 e. The Morgan fingerprint density at radius 2 is 2.00 bits per heavy atom. The van der Waals surface area contributed by atoms with E-state index in [4.69, 9.17) is 0 Å². The molecule has 0 aromatic rings. The Bertz CT molecular complexity index is 315. The number of amides is 1. The van der Waals surface area contributed by atoms with Crippen LogP contribution in [0.2, 0.25) is 0 Å². The monoisotopic (exact) mass is 213 g/mol. The minimum absolute atomic E-state index is 0.0893. The number of carbonyl (C=O) groups excluding carboxylic acids is 2. The van der Waals surface area contributed by atoms with Crippen molar-refractivity contribution >= 4 is 11.7 Å². The van der Waals surface area contributed by atoms with Crippen molar-refractivity contribution in [1.29, 1.82) is 0 Å². The molecule has 1 amide bonds. The molecule has 1 aliphatic heterocycles. The average molecular weight is 213 g/mol. The fraction of sp³-hybridized carbons (Fsp3) is 0.636. The van der Waals surface area contributed by atoms with Gasteiger partial charge in [0.1, 0.15) is 0 Å². The topological polar surface area (TPSA) is 37.4 Å². The standard InChI is InChI=1S/C11H16FNO2/c1-11(2,3)4-5-13-7-8(12)9(14)6-10(13)15/h7H,4-6H2,1-3H3. The van der Waals surface area contributed by atoms with Gasteiger partial charge in [0.05, 0.1) is 6.42 Å². The molecule has 0 aliphatic carbocycles. The Hall–Kier alpha value is -1.19. The van der Waals surface area contributed by atoms with Crippen LogP contribution in [0, 0.1) is 5.41 Å². The van der Waals surface area contributed by atoms with E-state index in [0.29, 0.717) is 6.54 Å². The Morgan fingerprint density at radius 1 is 1.40 bits per heavy atom. The fourth-order valence-electron chi connectivity index (χ4n) is 1.25. The van der Waals surface area contributed by atoms with Crippen LogP contribution in [-0.2, 0) is 9.59 Å². The zero-order valence-corrected chi connectivity index (χ0v) is 9.34. The van der Waals surface area contributed by atoms with Gasteiger partial charge in [-0.15, -0.1) is 0 Å². The molecule has 0 fully saturated rings. The maximum atomic E-state index is 12.9. The van der Waals surface area contributed by atoms with Crippen molar-refractivity contribution in [3.05, 3.63) is 12.0 Å². The number of Topliss-reactive ketones (excluding diaryl/α,β-unsaturated/α-hetero) is 1. The number of hydrogen-bond acceptors (Lipinski definition) is 2. The van der Waals surface area contributed by atoms with E-state index in [0.717, 1.165) is 12.6 Å². The van der Waals surface area contributed by atoms with Crippen LogP contribution in [-0.4, -0.2) is 23.1 Å². The molecule has 3 nitrogen and oxygen atoms in total. The van der Waals surface area contributed by atoms with Gasteiger partial charge in [-0.2, -0.15) is 0 Å².